The fraction of sp³-hybridized carbons (Fsp3) is 0.618. The average Bonchev–Trinajstić information content (AvgIpc) is 3.40. The van der Waals surface area contributed by atoms with Gasteiger partial charge in [-0.05, 0) is 80.4 Å². The summed E-state index contributed by atoms with van der Waals surface area (Å²) in [6.45, 7) is 13.8. The zero-order valence-corrected chi connectivity index (χ0v) is 24.0. The molecule has 206 valence electrons. The van der Waals surface area contributed by atoms with E-state index in [2.05, 4.69) is 52.9 Å². The molecule has 0 radical (unpaired) electrons. The SMILES string of the molecule is CC1=CC2(C)C(=C(C)[C@H]3[C@H]4C[C@@H](C)C[C@@H](C)[C@@H]4[C@@H]4Oc5ccc(cc5)C[C@H]5C(=O)NC(=O)[C@H]5C(=O)[C@H]2[C@H]43)[C@H]1C. The molecule has 8 rings (SSSR count). The van der Waals surface area contributed by atoms with Crippen LogP contribution in [0.15, 0.2) is 47.1 Å². The van der Waals surface area contributed by atoms with Crippen LogP contribution < -0.4 is 10.1 Å². The van der Waals surface area contributed by atoms with E-state index in [9.17, 15) is 9.59 Å². The summed E-state index contributed by atoms with van der Waals surface area (Å²) in [7, 11) is 0. The zero-order chi connectivity index (χ0) is 27.5. The van der Waals surface area contributed by atoms with Gasteiger partial charge >= 0.3 is 0 Å². The van der Waals surface area contributed by atoms with E-state index in [1.165, 1.54) is 23.1 Å². The molecule has 0 aromatic heterocycles. The topological polar surface area (TPSA) is 72.5 Å². The molecule has 7 aliphatic rings. The summed E-state index contributed by atoms with van der Waals surface area (Å²) < 4.78 is 7.02. The maximum Gasteiger partial charge on any atom is 0.237 e. The number of fused-ring (bicyclic) bond motifs is 5. The molecule has 1 N–H and O–H groups in total. The normalized spacial score (nSPS) is 46.4. The third kappa shape index (κ3) is 3.34. The molecule has 5 nitrogen and oxygen atoms in total. The number of Topliss-reactive ketones (excluding diaryl/α,β-unsaturated/α-hetero) is 1. The van der Waals surface area contributed by atoms with Gasteiger partial charge in [0.1, 0.15) is 17.8 Å². The number of ether oxygens (including phenoxy) is 1. The van der Waals surface area contributed by atoms with Gasteiger partial charge in [0.15, 0.2) is 5.78 Å². The van der Waals surface area contributed by atoms with E-state index in [4.69, 9.17) is 4.74 Å². The van der Waals surface area contributed by atoms with Crippen LogP contribution in [0.1, 0.15) is 59.9 Å². The molecule has 5 heteroatoms. The summed E-state index contributed by atoms with van der Waals surface area (Å²) in [5.41, 5.74) is 4.58. The zero-order valence-electron chi connectivity index (χ0n) is 24.0. The summed E-state index contributed by atoms with van der Waals surface area (Å²) in [5, 5.41) is 2.55. The third-order valence-corrected chi connectivity index (χ3v) is 11.9. The molecule has 1 saturated heterocycles. The summed E-state index contributed by atoms with van der Waals surface area (Å²) in [6, 6.07) is 8.05. The Balaban J connectivity index is 1.49. The minimum atomic E-state index is -0.956. The summed E-state index contributed by atoms with van der Waals surface area (Å²) >= 11 is 0. The first-order valence-corrected chi connectivity index (χ1v) is 15.1. The van der Waals surface area contributed by atoms with Gasteiger partial charge in [0.05, 0.1) is 5.92 Å². The Bertz CT molecular complexity index is 1340. The van der Waals surface area contributed by atoms with Crippen LogP contribution in [-0.2, 0) is 20.8 Å². The molecule has 3 heterocycles. The van der Waals surface area contributed by atoms with Gasteiger partial charge in [-0.25, -0.2) is 0 Å². The highest BCUT2D eigenvalue weighted by molar-refractivity contribution is 6.16. The van der Waals surface area contributed by atoms with Crippen LogP contribution >= 0.6 is 0 Å². The van der Waals surface area contributed by atoms with E-state index >= 15 is 4.79 Å². The average molecular weight is 528 g/mol. The fourth-order valence-electron chi connectivity index (χ4n) is 10.7. The Labute approximate surface area is 231 Å². The Morgan fingerprint density at radius 2 is 1.67 bits per heavy atom. The maximum absolute atomic E-state index is 15.0. The van der Waals surface area contributed by atoms with Crippen molar-refractivity contribution in [1.29, 1.82) is 0 Å². The second kappa shape index (κ2) is 8.41. The van der Waals surface area contributed by atoms with Gasteiger partial charge in [-0.1, -0.05) is 62.6 Å². The van der Waals surface area contributed by atoms with Crippen LogP contribution in [0.4, 0.5) is 0 Å². The Kier molecular flexibility index (Phi) is 5.45. The highest BCUT2D eigenvalue weighted by Gasteiger charge is 2.67. The molecular formula is C34H41NO4. The molecule has 2 saturated carbocycles. The van der Waals surface area contributed by atoms with E-state index in [1.807, 2.05) is 24.3 Å². The van der Waals surface area contributed by atoms with Gasteiger partial charge in [0, 0.05) is 23.2 Å². The van der Waals surface area contributed by atoms with Crippen molar-refractivity contribution in [2.45, 2.75) is 66.9 Å². The molecule has 3 fully saturated rings. The molecular weight excluding hydrogens is 486 g/mol. The molecule has 39 heavy (non-hydrogen) atoms. The van der Waals surface area contributed by atoms with Crippen molar-refractivity contribution in [2.24, 2.45) is 64.6 Å². The van der Waals surface area contributed by atoms with Crippen LogP contribution in [0.25, 0.3) is 0 Å². The predicted molar refractivity (Wildman–Crippen MR) is 148 cm³/mol. The molecule has 1 aromatic rings. The van der Waals surface area contributed by atoms with Crippen molar-refractivity contribution in [1.82, 2.24) is 5.32 Å². The minimum absolute atomic E-state index is 0.0356. The number of benzene rings is 1. The van der Waals surface area contributed by atoms with Crippen molar-refractivity contribution in [3.05, 3.63) is 52.6 Å². The maximum atomic E-state index is 15.0. The number of imide groups is 1. The Morgan fingerprint density at radius 1 is 0.949 bits per heavy atom. The molecule has 1 unspecified atom stereocenters. The van der Waals surface area contributed by atoms with Crippen LogP contribution in [-0.4, -0.2) is 23.7 Å². The van der Waals surface area contributed by atoms with Crippen LogP contribution in [0.5, 0.6) is 5.75 Å². The van der Waals surface area contributed by atoms with E-state index in [-0.39, 0.29) is 35.5 Å². The van der Waals surface area contributed by atoms with Crippen molar-refractivity contribution in [3.8, 4) is 5.75 Å². The van der Waals surface area contributed by atoms with Gasteiger partial charge in [-0.3, -0.25) is 19.7 Å². The molecule has 2 bridgehead atoms. The summed E-state index contributed by atoms with van der Waals surface area (Å²) in [4.78, 5) is 41.5. The van der Waals surface area contributed by atoms with E-state index < -0.39 is 29.1 Å². The second-order valence-electron chi connectivity index (χ2n) is 14.1. The predicted octanol–water partition coefficient (Wildman–Crippen LogP) is 5.54. The highest BCUT2D eigenvalue weighted by atomic mass is 16.5. The lowest BCUT2D eigenvalue weighted by Crippen LogP contribution is -2.52. The molecule has 4 aliphatic carbocycles. The summed E-state index contributed by atoms with van der Waals surface area (Å²) in [6.07, 6.45) is 4.90. The van der Waals surface area contributed by atoms with Gasteiger partial charge in [0.2, 0.25) is 11.8 Å². The lowest BCUT2D eigenvalue weighted by molar-refractivity contribution is -0.141. The molecule has 2 amide bonds. The molecule has 3 aliphatic heterocycles. The van der Waals surface area contributed by atoms with Gasteiger partial charge < -0.3 is 4.74 Å². The van der Waals surface area contributed by atoms with E-state index in [0.29, 0.717) is 30.1 Å². The molecule has 1 aromatic carbocycles. The number of allylic oxidation sites excluding steroid dienone is 4. The fourth-order valence-corrected chi connectivity index (χ4v) is 10.7. The van der Waals surface area contributed by atoms with Crippen molar-refractivity contribution in [3.63, 3.8) is 0 Å². The lowest BCUT2D eigenvalue weighted by Gasteiger charge is -2.49. The number of carbonyl (C=O) groups excluding carboxylic acids is 3. The lowest BCUT2D eigenvalue weighted by atomic mass is 9.53. The quantitative estimate of drug-likeness (QED) is 0.273. The number of carbonyl (C=O) groups is 3. The van der Waals surface area contributed by atoms with Crippen molar-refractivity contribution in [2.75, 3.05) is 0 Å². The van der Waals surface area contributed by atoms with Gasteiger partial charge in [0.25, 0.3) is 0 Å². The third-order valence-electron chi connectivity index (χ3n) is 11.9. The number of nitrogens with one attached hydrogen (secondary N) is 1. The number of hydrogen-bond acceptors (Lipinski definition) is 4. The first-order valence-electron chi connectivity index (χ1n) is 15.1. The van der Waals surface area contributed by atoms with Crippen molar-refractivity contribution < 1.29 is 19.1 Å². The minimum Gasteiger partial charge on any atom is -0.490 e. The second-order valence-corrected chi connectivity index (χ2v) is 14.1. The molecule has 12 atom stereocenters. The number of ketones is 1. The highest BCUT2D eigenvalue weighted by Crippen LogP contribution is 2.67. The van der Waals surface area contributed by atoms with E-state index in [0.717, 1.165) is 17.7 Å². The standard InChI is InChI=1S/C34H41NO4/c1-15-11-16(2)24-22(12-15)25-19(5)28-18(4)17(3)14-34(28,6)29-27(25)31(24)39-21-9-7-20(8-10-21)13-23-26(30(29)36)33(38)35-32(23)37/h7-10,14-16,18,22-27,29,31H,11-13H2,1-6H3,(H,35,37,38)/t15-,16+,18-,22-,23+,24-,25-,26+,27+,29+,31-,34?/m0/s1. The van der Waals surface area contributed by atoms with Gasteiger partial charge in [-0.2, -0.15) is 0 Å². The van der Waals surface area contributed by atoms with Crippen LogP contribution in [0.3, 0.4) is 0 Å². The smallest absolute Gasteiger partial charge is 0.237 e. The number of hydrogen-bond donors (Lipinski definition) is 1. The first kappa shape index (κ1) is 25.3. The van der Waals surface area contributed by atoms with Gasteiger partial charge in [-0.15, -0.1) is 0 Å². The Morgan fingerprint density at radius 3 is 2.38 bits per heavy atom. The van der Waals surface area contributed by atoms with Crippen LogP contribution in [0, 0.1) is 64.6 Å². The van der Waals surface area contributed by atoms with E-state index in [1.54, 1.807) is 0 Å². The Hall–Kier alpha value is -2.69. The molecule has 0 spiro atoms. The monoisotopic (exact) mass is 527 g/mol. The van der Waals surface area contributed by atoms with Crippen LogP contribution in [0.2, 0.25) is 0 Å². The van der Waals surface area contributed by atoms with Crippen molar-refractivity contribution >= 4 is 17.6 Å². The number of amides is 2. The number of rotatable bonds is 0. The summed E-state index contributed by atoms with van der Waals surface area (Å²) in [5.74, 6) is 0.416. The largest absolute Gasteiger partial charge is 0.490 e. The first-order chi connectivity index (χ1) is 18.5.